The third-order valence-corrected chi connectivity index (χ3v) is 4.63. The lowest BCUT2D eigenvalue weighted by Gasteiger charge is -2.15. The number of alkyl halides is 2. The summed E-state index contributed by atoms with van der Waals surface area (Å²) in [7, 11) is 0. The standard InChI is InChI=1S/C14H11ClF2N2OS/c15-9-6-4-8(5-7-9)14(16,17)12(20)19-13-18-10-2-1-3-11(10)21-13/h4-7H,1-3H2,(H,18,19,20). The molecule has 3 nitrogen and oxygen atoms in total. The number of hydrogen-bond acceptors (Lipinski definition) is 3. The highest BCUT2D eigenvalue weighted by molar-refractivity contribution is 7.15. The largest absolute Gasteiger partial charge is 0.350 e. The van der Waals surface area contributed by atoms with E-state index in [0.29, 0.717) is 5.02 Å². The molecule has 0 unspecified atom stereocenters. The Morgan fingerprint density at radius 2 is 2.00 bits per heavy atom. The zero-order valence-corrected chi connectivity index (χ0v) is 12.4. The Morgan fingerprint density at radius 3 is 2.67 bits per heavy atom. The fourth-order valence-corrected chi connectivity index (χ4v) is 3.38. The molecule has 1 amide bonds. The summed E-state index contributed by atoms with van der Waals surface area (Å²) in [6.45, 7) is 0. The van der Waals surface area contributed by atoms with E-state index >= 15 is 0 Å². The number of amides is 1. The van der Waals surface area contributed by atoms with E-state index in [9.17, 15) is 13.6 Å². The number of hydrogen-bond donors (Lipinski definition) is 1. The molecule has 21 heavy (non-hydrogen) atoms. The quantitative estimate of drug-likeness (QED) is 0.924. The Bertz CT molecular complexity index is 663. The van der Waals surface area contributed by atoms with Gasteiger partial charge in [-0.05, 0) is 31.4 Å². The van der Waals surface area contributed by atoms with Gasteiger partial charge in [-0.1, -0.05) is 23.7 Å². The Labute approximate surface area is 129 Å². The Hall–Kier alpha value is -1.53. The van der Waals surface area contributed by atoms with Gasteiger partial charge >= 0.3 is 11.8 Å². The minimum absolute atomic E-state index is 0.235. The van der Waals surface area contributed by atoms with Crippen molar-refractivity contribution >= 4 is 34.0 Å². The van der Waals surface area contributed by atoms with Gasteiger partial charge in [-0.25, -0.2) is 4.98 Å². The molecule has 110 valence electrons. The van der Waals surface area contributed by atoms with Crippen LogP contribution in [0.2, 0.25) is 5.02 Å². The molecule has 1 heterocycles. The molecule has 7 heteroatoms. The molecule has 1 aliphatic carbocycles. The SMILES string of the molecule is O=C(Nc1nc2c(s1)CCC2)C(F)(F)c1ccc(Cl)cc1. The van der Waals surface area contributed by atoms with Gasteiger partial charge in [0.2, 0.25) is 0 Å². The first kappa shape index (κ1) is 14.4. The number of aromatic nitrogens is 1. The number of rotatable bonds is 3. The molecular weight excluding hydrogens is 318 g/mol. The number of nitrogens with one attached hydrogen (secondary N) is 1. The van der Waals surface area contributed by atoms with Gasteiger partial charge in [0.25, 0.3) is 0 Å². The van der Waals surface area contributed by atoms with Crippen LogP contribution in [0.4, 0.5) is 13.9 Å². The molecule has 2 aromatic rings. The molecule has 0 bridgehead atoms. The van der Waals surface area contributed by atoms with Crippen LogP contribution in [0.15, 0.2) is 24.3 Å². The minimum atomic E-state index is -3.62. The van der Waals surface area contributed by atoms with E-state index < -0.39 is 17.4 Å². The first-order valence-corrected chi connectivity index (χ1v) is 7.60. The number of benzene rings is 1. The molecule has 3 rings (SSSR count). The molecule has 1 aliphatic rings. The molecule has 0 aliphatic heterocycles. The topological polar surface area (TPSA) is 42.0 Å². The molecule has 1 aromatic heterocycles. The van der Waals surface area contributed by atoms with E-state index in [1.54, 1.807) is 0 Å². The second-order valence-electron chi connectivity index (χ2n) is 4.78. The predicted octanol–water partition coefficient (Wildman–Crippen LogP) is 4.02. The van der Waals surface area contributed by atoms with Crippen LogP contribution >= 0.6 is 22.9 Å². The fourth-order valence-electron chi connectivity index (χ4n) is 2.21. The molecule has 0 saturated heterocycles. The summed E-state index contributed by atoms with van der Waals surface area (Å²) in [5.74, 6) is -5.00. The van der Waals surface area contributed by atoms with E-state index in [2.05, 4.69) is 10.3 Å². The van der Waals surface area contributed by atoms with Crippen molar-refractivity contribution in [3.8, 4) is 0 Å². The van der Waals surface area contributed by atoms with Gasteiger partial charge < -0.3 is 0 Å². The number of aryl methyl sites for hydroxylation is 2. The molecule has 0 saturated carbocycles. The van der Waals surface area contributed by atoms with Crippen LogP contribution in [0.3, 0.4) is 0 Å². The Balaban J connectivity index is 1.78. The molecule has 0 atom stereocenters. The first-order valence-electron chi connectivity index (χ1n) is 6.41. The summed E-state index contributed by atoms with van der Waals surface area (Å²) < 4.78 is 28.2. The number of anilines is 1. The van der Waals surface area contributed by atoms with E-state index in [1.165, 1.54) is 23.5 Å². The maximum absolute atomic E-state index is 14.1. The molecule has 1 aromatic carbocycles. The molecule has 0 spiro atoms. The van der Waals surface area contributed by atoms with Crippen LogP contribution in [0.5, 0.6) is 0 Å². The lowest BCUT2D eigenvalue weighted by atomic mass is 10.1. The maximum Gasteiger partial charge on any atom is 0.350 e. The Morgan fingerprint density at radius 1 is 1.29 bits per heavy atom. The highest BCUT2D eigenvalue weighted by Gasteiger charge is 2.41. The third kappa shape index (κ3) is 2.78. The molecule has 0 radical (unpaired) electrons. The second kappa shape index (κ2) is 5.35. The van der Waals surface area contributed by atoms with Gasteiger partial charge in [-0.2, -0.15) is 8.78 Å². The summed E-state index contributed by atoms with van der Waals surface area (Å²) in [4.78, 5) is 17.1. The van der Waals surface area contributed by atoms with E-state index in [4.69, 9.17) is 11.6 Å². The monoisotopic (exact) mass is 328 g/mol. The van der Waals surface area contributed by atoms with Crippen LogP contribution in [0, 0.1) is 0 Å². The van der Waals surface area contributed by atoms with Crippen molar-refractivity contribution in [2.75, 3.05) is 5.32 Å². The summed E-state index contributed by atoms with van der Waals surface area (Å²) >= 11 is 6.93. The minimum Gasteiger partial charge on any atom is -0.296 e. The predicted molar refractivity (Wildman–Crippen MR) is 78.1 cm³/mol. The molecular formula is C14H11ClF2N2OS. The fraction of sp³-hybridized carbons (Fsp3) is 0.286. The smallest absolute Gasteiger partial charge is 0.296 e. The van der Waals surface area contributed by atoms with E-state index in [-0.39, 0.29) is 5.13 Å². The maximum atomic E-state index is 14.1. The lowest BCUT2D eigenvalue weighted by molar-refractivity contribution is -0.140. The van der Waals surface area contributed by atoms with Crippen molar-refractivity contribution in [2.45, 2.75) is 25.2 Å². The number of halogens is 3. The van der Waals surface area contributed by atoms with Crippen molar-refractivity contribution in [3.63, 3.8) is 0 Å². The van der Waals surface area contributed by atoms with Crippen LogP contribution in [0.25, 0.3) is 0 Å². The summed E-state index contributed by atoms with van der Waals surface area (Å²) in [6, 6.07) is 4.94. The lowest BCUT2D eigenvalue weighted by Crippen LogP contribution is -2.32. The zero-order chi connectivity index (χ0) is 15.0. The van der Waals surface area contributed by atoms with Gasteiger partial charge in [-0.15, -0.1) is 11.3 Å². The number of nitrogens with zero attached hydrogens (tertiary/aromatic N) is 1. The summed E-state index contributed by atoms with van der Waals surface area (Å²) in [5, 5.41) is 2.78. The average molecular weight is 329 g/mol. The van der Waals surface area contributed by atoms with Gasteiger partial charge in [0, 0.05) is 15.5 Å². The van der Waals surface area contributed by atoms with Gasteiger partial charge in [0.05, 0.1) is 5.69 Å². The number of carbonyl (C=O) groups is 1. The molecule has 0 fully saturated rings. The average Bonchev–Trinajstić information content (AvgIpc) is 3.00. The van der Waals surface area contributed by atoms with Gasteiger partial charge in [-0.3, -0.25) is 10.1 Å². The highest BCUT2D eigenvalue weighted by atomic mass is 35.5. The van der Waals surface area contributed by atoms with E-state index in [1.807, 2.05) is 0 Å². The van der Waals surface area contributed by atoms with Crippen molar-refractivity contribution < 1.29 is 13.6 Å². The summed E-state index contributed by atoms with van der Waals surface area (Å²) in [5.41, 5.74) is 0.513. The zero-order valence-electron chi connectivity index (χ0n) is 10.8. The highest BCUT2D eigenvalue weighted by Crippen LogP contribution is 2.34. The normalized spacial score (nSPS) is 14.0. The molecule has 1 N–H and O–H groups in total. The van der Waals surface area contributed by atoms with Crippen LogP contribution in [0.1, 0.15) is 22.6 Å². The van der Waals surface area contributed by atoms with E-state index in [0.717, 1.165) is 42.0 Å². The second-order valence-corrected chi connectivity index (χ2v) is 6.30. The van der Waals surface area contributed by atoms with Crippen molar-refractivity contribution in [1.82, 2.24) is 4.98 Å². The number of carbonyl (C=O) groups excluding carboxylic acids is 1. The van der Waals surface area contributed by atoms with Gasteiger partial charge in [0.1, 0.15) is 0 Å². The number of fused-ring (bicyclic) bond motifs is 1. The number of thiazole rings is 1. The third-order valence-electron chi connectivity index (χ3n) is 3.31. The first-order chi connectivity index (χ1) is 9.96. The van der Waals surface area contributed by atoms with Crippen LogP contribution in [-0.4, -0.2) is 10.9 Å². The van der Waals surface area contributed by atoms with Crippen LogP contribution in [-0.2, 0) is 23.6 Å². The van der Waals surface area contributed by atoms with Gasteiger partial charge in [0.15, 0.2) is 5.13 Å². The summed E-state index contributed by atoms with van der Waals surface area (Å²) in [6.07, 6.45) is 2.77. The van der Waals surface area contributed by atoms with Crippen molar-refractivity contribution in [3.05, 3.63) is 45.4 Å². The Kier molecular flexibility index (Phi) is 3.67. The van der Waals surface area contributed by atoms with Crippen molar-refractivity contribution in [1.29, 1.82) is 0 Å². The van der Waals surface area contributed by atoms with Crippen LogP contribution < -0.4 is 5.32 Å². The van der Waals surface area contributed by atoms with Crippen molar-refractivity contribution in [2.24, 2.45) is 0 Å².